The van der Waals surface area contributed by atoms with E-state index in [0.717, 1.165) is 35.5 Å². The smallest absolute Gasteiger partial charge is 0.238 e. The highest BCUT2D eigenvalue weighted by atomic mass is 32.2. The van der Waals surface area contributed by atoms with Gasteiger partial charge in [0, 0.05) is 24.5 Å². The Kier molecular flexibility index (Phi) is 5.48. The Labute approximate surface area is 160 Å². The number of aromatic nitrogens is 2. The van der Waals surface area contributed by atoms with Gasteiger partial charge in [0.05, 0.1) is 4.90 Å². The first-order valence-electron chi connectivity index (χ1n) is 8.97. The summed E-state index contributed by atoms with van der Waals surface area (Å²) in [5, 5.41) is 5.45. The van der Waals surface area contributed by atoms with E-state index in [4.69, 9.17) is 5.14 Å². The van der Waals surface area contributed by atoms with Gasteiger partial charge in [-0.3, -0.25) is 0 Å². The molecule has 0 unspecified atom stereocenters. The number of benzene rings is 2. The van der Waals surface area contributed by atoms with Crippen LogP contribution in [0.25, 0.3) is 11.1 Å². The van der Waals surface area contributed by atoms with Gasteiger partial charge in [0.1, 0.15) is 5.82 Å². The molecule has 0 aliphatic heterocycles. The molecule has 0 bridgehead atoms. The molecular formula is C21H25N3O2S. The van der Waals surface area contributed by atoms with Crippen LogP contribution in [-0.4, -0.2) is 18.0 Å². The zero-order valence-electron chi connectivity index (χ0n) is 15.9. The lowest BCUT2D eigenvalue weighted by molar-refractivity contribution is 0.598. The van der Waals surface area contributed by atoms with Crippen LogP contribution in [0.15, 0.2) is 59.8 Å². The van der Waals surface area contributed by atoms with Crippen molar-refractivity contribution in [2.75, 3.05) is 0 Å². The number of nitrogens with zero attached hydrogens (tertiary/aromatic N) is 2. The van der Waals surface area contributed by atoms with Crippen molar-refractivity contribution in [3.63, 3.8) is 0 Å². The fraction of sp³-hybridized carbons (Fsp3) is 0.286. The van der Waals surface area contributed by atoms with Crippen molar-refractivity contribution < 1.29 is 8.42 Å². The monoisotopic (exact) mass is 383 g/mol. The topological polar surface area (TPSA) is 78.0 Å². The number of aryl methyl sites for hydroxylation is 1. The van der Waals surface area contributed by atoms with Crippen LogP contribution in [0.2, 0.25) is 0 Å². The van der Waals surface area contributed by atoms with E-state index in [1.54, 1.807) is 12.3 Å². The van der Waals surface area contributed by atoms with E-state index < -0.39 is 10.0 Å². The van der Waals surface area contributed by atoms with Crippen LogP contribution in [0.3, 0.4) is 0 Å². The van der Waals surface area contributed by atoms with Gasteiger partial charge in [-0.1, -0.05) is 44.2 Å². The third-order valence-corrected chi connectivity index (χ3v) is 5.50. The van der Waals surface area contributed by atoms with Crippen LogP contribution in [0.1, 0.15) is 30.8 Å². The summed E-state index contributed by atoms with van der Waals surface area (Å²) < 4.78 is 26.2. The summed E-state index contributed by atoms with van der Waals surface area (Å²) in [6.45, 7) is 6.97. The molecule has 0 radical (unpaired) electrons. The Balaban J connectivity index is 1.97. The number of primary sulfonamides is 1. The summed E-state index contributed by atoms with van der Waals surface area (Å²) >= 11 is 0. The van der Waals surface area contributed by atoms with E-state index in [0.29, 0.717) is 11.5 Å². The summed E-state index contributed by atoms with van der Waals surface area (Å²) in [5.41, 5.74) is 3.72. The maximum absolute atomic E-state index is 12.0. The van der Waals surface area contributed by atoms with Crippen molar-refractivity contribution in [3.8, 4) is 11.1 Å². The molecule has 0 spiro atoms. The first-order chi connectivity index (χ1) is 12.7. The quantitative estimate of drug-likeness (QED) is 0.704. The predicted molar refractivity (Wildman–Crippen MR) is 108 cm³/mol. The average Bonchev–Trinajstić information content (AvgIpc) is 2.99. The molecule has 0 aliphatic carbocycles. The lowest BCUT2D eigenvalue weighted by Gasteiger charge is -2.13. The normalized spacial score (nSPS) is 11.9. The van der Waals surface area contributed by atoms with Crippen molar-refractivity contribution in [3.05, 3.63) is 71.8 Å². The second-order valence-electron chi connectivity index (χ2n) is 7.27. The Hall–Kier alpha value is -2.44. The molecule has 0 atom stereocenters. The number of nitrogens with two attached hydrogens (primary N) is 1. The van der Waals surface area contributed by atoms with E-state index in [9.17, 15) is 8.42 Å². The van der Waals surface area contributed by atoms with E-state index in [2.05, 4.69) is 23.4 Å². The molecule has 0 saturated heterocycles. The Morgan fingerprint density at radius 1 is 1.07 bits per heavy atom. The molecule has 142 valence electrons. The number of hydrogen-bond acceptors (Lipinski definition) is 3. The van der Waals surface area contributed by atoms with Crippen molar-refractivity contribution in [1.82, 2.24) is 9.55 Å². The van der Waals surface area contributed by atoms with Crippen molar-refractivity contribution in [2.24, 2.45) is 11.1 Å². The number of imidazole rings is 1. The molecule has 1 aromatic heterocycles. The summed E-state index contributed by atoms with van der Waals surface area (Å²) in [6, 6.07) is 13.3. The van der Waals surface area contributed by atoms with Gasteiger partial charge in [0.2, 0.25) is 10.0 Å². The van der Waals surface area contributed by atoms with Gasteiger partial charge in [-0.2, -0.15) is 0 Å². The second-order valence-corrected chi connectivity index (χ2v) is 8.80. The van der Waals surface area contributed by atoms with Gasteiger partial charge in [0.25, 0.3) is 0 Å². The van der Waals surface area contributed by atoms with E-state index in [1.165, 1.54) is 0 Å². The molecule has 1 heterocycles. The molecule has 5 nitrogen and oxygen atoms in total. The minimum absolute atomic E-state index is 0.160. The van der Waals surface area contributed by atoms with E-state index in [-0.39, 0.29) is 4.90 Å². The van der Waals surface area contributed by atoms with Crippen LogP contribution < -0.4 is 5.14 Å². The van der Waals surface area contributed by atoms with Crippen molar-refractivity contribution >= 4 is 10.0 Å². The minimum atomic E-state index is -3.80. The Morgan fingerprint density at radius 2 is 1.74 bits per heavy atom. The molecule has 3 aromatic rings. The molecule has 0 saturated carbocycles. The van der Waals surface area contributed by atoms with Gasteiger partial charge < -0.3 is 4.57 Å². The highest BCUT2D eigenvalue weighted by Gasteiger charge is 2.16. The van der Waals surface area contributed by atoms with Crippen LogP contribution in [0.4, 0.5) is 0 Å². The molecule has 27 heavy (non-hydrogen) atoms. The SMILES string of the molecule is Cc1nccn1Cc1ccc(-c2cc(CC(C)C)ccc2S(N)(=O)=O)cc1. The van der Waals surface area contributed by atoms with Crippen LogP contribution in [-0.2, 0) is 23.0 Å². The molecule has 0 fully saturated rings. The van der Waals surface area contributed by atoms with Gasteiger partial charge in [-0.05, 0) is 48.1 Å². The predicted octanol–water partition coefficient (Wildman–Crippen LogP) is 3.75. The Bertz CT molecular complexity index is 1040. The molecular weight excluding hydrogens is 358 g/mol. The zero-order valence-corrected chi connectivity index (χ0v) is 16.7. The fourth-order valence-corrected chi connectivity index (χ4v) is 3.95. The summed E-state index contributed by atoms with van der Waals surface area (Å²) in [7, 11) is -3.80. The maximum Gasteiger partial charge on any atom is 0.238 e. The van der Waals surface area contributed by atoms with Gasteiger partial charge >= 0.3 is 0 Å². The number of sulfonamides is 1. The second kappa shape index (κ2) is 7.66. The van der Waals surface area contributed by atoms with Gasteiger partial charge in [0.15, 0.2) is 0 Å². The van der Waals surface area contributed by atoms with E-state index >= 15 is 0 Å². The summed E-state index contributed by atoms with van der Waals surface area (Å²) in [5.74, 6) is 1.44. The number of hydrogen-bond donors (Lipinski definition) is 1. The molecule has 3 rings (SSSR count). The standard InChI is InChI=1S/C21H25N3O2S/c1-15(2)12-18-6-9-21(27(22,25)26)20(13-18)19-7-4-17(5-8-19)14-24-11-10-23-16(24)3/h4-11,13,15H,12,14H2,1-3H3,(H2,22,25,26). The first kappa shape index (κ1) is 19.3. The molecule has 2 N–H and O–H groups in total. The molecule has 6 heteroatoms. The largest absolute Gasteiger partial charge is 0.331 e. The third kappa shape index (κ3) is 4.64. The molecule has 0 aliphatic rings. The van der Waals surface area contributed by atoms with Crippen molar-refractivity contribution in [1.29, 1.82) is 0 Å². The lowest BCUT2D eigenvalue weighted by Crippen LogP contribution is -2.13. The molecule has 2 aromatic carbocycles. The molecule has 0 amide bonds. The highest BCUT2D eigenvalue weighted by molar-refractivity contribution is 7.89. The Morgan fingerprint density at radius 3 is 2.30 bits per heavy atom. The summed E-state index contributed by atoms with van der Waals surface area (Å²) in [4.78, 5) is 4.39. The van der Waals surface area contributed by atoms with Crippen LogP contribution in [0, 0.1) is 12.8 Å². The first-order valence-corrected chi connectivity index (χ1v) is 10.5. The minimum Gasteiger partial charge on any atom is -0.331 e. The third-order valence-electron chi connectivity index (χ3n) is 4.54. The van der Waals surface area contributed by atoms with E-state index in [1.807, 2.05) is 49.5 Å². The van der Waals surface area contributed by atoms with Crippen LogP contribution in [0.5, 0.6) is 0 Å². The highest BCUT2D eigenvalue weighted by Crippen LogP contribution is 2.29. The van der Waals surface area contributed by atoms with Crippen LogP contribution >= 0.6 is 0 Å². The zero-order chi connectivity index (χ0) is 19.6. The number of rotatable bonds is 6. The summed E-state index contributed by atoms with van der Waals surface area (Å²) in [6.07, 6.45) is 4.61. The van der Waals surface area contributed by atoms with Crippen molar-refractivity contribution in [2.45, 2.75) is 38.6 Å². The lowest BCUT2D eigenvalue weighted by atomic mass is 9.97. The average molecular weight is 384 g/mol. The van der Waals surface area contributed by atoms with Gasteiger partial charge in [-0.15, -0.1) is 0 Å². The van der Waals surface area contributed by atoms with Gasteiger partial charge in [-0.25, -0.2) is 18.5 Å². The fourth-order valence-electron chi connectivity index (χ4n) is 3.21. The maximum atomic E-state index is 12.0.